The predicted octanol–water partition coefficient (Wildman–Crippen LogP) is 1.86. The number of benzene rings is 2. The molecular weight excluding hydrogens is 268 g/mol. The molecule has 1 heterocycles. The van der Waals surface area contributed by atoms with Crippen LogP contribution in [0.2, 0.25) is 0 Å². The maximum absolute atomic E-state index is 12.1. The number of hydrogen-bond donors (Lipinski definition) is 1. The molecule has 1 saturated heterocycles. The quantitative estimate of drug-likeness (QED) is 0.873. The van der Waals surface area contributed by atoms with Crippen LogP contribution >= 0.6 is 0 Å². The van der Waals surface area contributed by atoms with Crippen LogP contribution in [0.25, 0.3) is 0 Å². The van der Waals surface area contributed by atoms with E-state index in [1.807, 2.05) is 30.3 Å². The molecule has 106 valence electrons. The van der Waals surface area contributed by atoms with Crippen molar-refractivity contribution in [1.82, 2.24) is 5.43 Å². The molecule has 0 bridgehead atoms. The average molecular weight is 282 g/mol. The molecule has 3 rings (SSSR count). The van der Waals surface area contributed by atoms with Crippen LogP contribution in [-0.4, -0.2) is 18.8 Å². The Labute approximate surface area is 122 Å². The first-order valence-corrected chi connectivity index (χ1v) is 6.54. The van der Waals surface area contributed by atoms with Crippen molar-refractivity contribution >= 4 is 17.4 Å². The summed E-state index contributed by atoms with van der Waals surface area (Å²) in [6.07, 6.45) is 0. The van der Waals surface area contributed by atoms with Crippen LogP contribution in [-0.2, 0) is 9.59 Å². The van der Waals surface area contributed by atoms with Crippen molar-refractivity contribution in [2.45, 2.75) is 6.04 Å². The maximum Gasteiger partial charge on any atom is 0.310 e. The molecule has 1 aliphatic rings. The molecule has 1 fully saturated rings. The van der Waals surface area contributed by atoms with Gasteiger partial charge in [0.1, 0.15) is 11.8 Å². The first-order chi connectivity index (χ1) is 10.2. The fourth-order valence-corrected chi connectivity index (χ4v) is 2.27. The van der Waals surface area contributed by atoms with Gasteiger partial charge in [-0.25, -0.2) is 10.4 Å². The number of hydrogen-bond acceptors (Lipinski definition) is 4. The second kappa shape index (κ2) is 5.38. The molecule has 0 radical (unpaired) electrons. The second-order valence-electron chi connectivity index (χ2n) is 4.68. The third-order valence-electron chi connectivity index (χ3n) is 3.40. The largest absolute Gasteiger partial charge is 0.497 e. The molecule has 1 N–H and O–H groups in total. The average Bonchev–Trinajstić information content (AvgIpc) is 2.84. The number of rotatable bonds is 3. The zero-order chi connectivity index (χ0) is 14.8. The van der Waals surface area contributed by atoms with E-state index in [0.717, 1.165) is 5.56 Å². The van der Waals surface area contributed by atoms with Gasteiger partial charge in [-0.2, -0.15) is 0 Å². The van der Waals surface area contributed by atoms with E-state index in [1.54, 1.807) is 31.4 Å². The summed E-state index contributed by atoms with van der Waals surface area (Å²) >= 11 is 0. The number of methoxy groups -OCH3 is 1. The van der Waals surface area contributed by atoms with E-state index in [0.29, 0.717) is 11.4 Å². The van der Waals surface area contributed by atoms with E-state index in [9.17, 15) is 9.59 Å². The highest BCUT2D eigenvalue weighted by molar-refractivity contribution is 6.45. The van der Waals surface area contributed by atoms with Gasteiger partial charge in [0.05, 0.1) is 12.8 Å². The Morgan fingerprint density at radius 2 is 1.67 bits per heavy atom. The molecule has 1 atom stereocenters. The highest BCUT2D eigenvalue weighted by atomic mass is 16.5. The van der Waals surface area contributed by atoms with Crippen LogP contribution in [0.4, 0.5) is 5.69 Å². The summed E-state index contributed by atoms with van der Waals surface area (Å²) in [5.41, 5.74) is 4.33. The number of hydrazine groups is 1. The number of carbonyl (C=O) groups excluding carboxylic acids is 2. The van der Waals surface area contributed by atoms with Crippen LogP contribution < -0.4 is 15.2 Å². The molecule has 2 aromatic rings. The molecule has 0 aliphatic carbocycles. The molecule has 1 aliphatic heterocycles. The lowest BCUT2D eigenvalue weighted by atomic mass is 10.0. The van der Waals surface area contributed by atoms with Gasteiger partial charge in [0.2, 0.25) is 5.78 Å². The predicted molar refractivity (Wildman–Crippen MR) is 77.8 cm³/mol. The Kier molecular flexibility index (Phi) is 3.41. The molecule has 0 saturated carbocycles. The third-order valence-corrected chi connectivity index (χ3v) is 3.40. The Hall–Kier alpha value is -2.66. The Morgan fingerprint density at radius 3 is 2.29 bits per heavy atom. The lowest BCUT2D eigenvalue weighted by Gasteiger charge is -2.17. The van der Waals surface area contributed by atoms with Crippen molar-refractivity contribution in [3.05, 3.63) is 60.2 Å². The van der Waals surface area contributed by atoms with Gasteiger partial charge < -0.3 is 4.74 Å². The number of nitrogens with zero attached hydrogens (tertiary/aromatic N) is 1. The number of nitrogens with one attached hydrogen (secondary N) is 1. The minimum absolute atomic E-state index is 0.461. The number of Topliss-reactive ketones (excluding diaryl/α,β-unsaturated/α-hetero) is 1. The van der Waals surface area contributed by atoms with E-state index in [4.69, 9.17) is 4.74 Å². The van der Waals surface area contributed by atoms with Crippen LogP contribution in [0.3, 0.4) is 0 Å². The second-order valence-corrected chi connectivity index (χ2v) is 4.68. The van der Waals surface area contributed by atoms with Crippen LogP contribution in [0.15, 0.2) is 54.6 Å². The Balaban J connectivity index is 1.88. The third kappa shape index (κ3) is 2.39. The van der Waals surface area contributed by atoms with Crippen molar-refractivity contribution < 1.29 is 14.3 Å². The number of ether oxygens (including phenoxy) is 1. The van der Waals surface area contributed by atoms with E-state index in [-0.39, 0.29) is 0 Å². The first-order valence-electron chi connectivity index (χ1n) is 6.54. The van der Waals surface area contributed by atoms with E-state index in [2.05, 4.69) is 5.43 Å². The van der Waals surface area contributed by atoms with Crippen LogP contribution in [0, 0.1) is 0 Å². The number of ketones is 1. The molecule has 0 spiro atoms. The normalized spacial score (nSPS) is 18.1. The summed E-state index contributed by atoms with van der Waals surface area (Å²) in [4.78, 5) is 24.3. The molecule has 1 unspecified atom stereocenters. The highest BCUT2D eigenvalue weighted by Crippen LogP contribution is 2.26. The maximum atomic E-state index is 12.1. The standard InChI is InChI=1S/C16H14N2O3/c1-21-13-9-7-12(8-10-13)18-16(20)15(19)14(17-18)11-5-3-2-4-6-11/h2-10,14,17H,1H3. The highest BCUT2D eigenvalue weighted by Gasteiger charge is 2.40. The topological polar surface area (TPSA) is 58.6 Å². The fraction of sp³-hybridized carbons (Fsp3) is 0.125. The molecular formula is C16H14N2O3. The lowest BCUT2D eigenvalue weighted by Crippen LogP contribution is -2.35. The molecule has 0 aromatic heterocycles. The zero-order valence-electron chi connectivity index (χ0n) is 11.4. The van der Waals surface area contributed by atoms with Gasteiger partial charge in [-0.3, -0.25) is 9.59 Å². The van der Waals surface area contributed by atoms with E-state index in [1.165, 1.54) is 5.01 Å². The summed E-state index contributed by atoms with van der Waals surface area (Å²) < 4.78 is 5.08. The monoisotopic (exact) mass is 282 g/mol. The van der Waals surface area contributed by atoms with Gasteiger partial charge in [0, 0.05) is 0 Å². The molecule has 5 nitrogen and oxygen atoms in total. The van der Waals surface area contributed by atoms with E-state index < -0.39 is 17.7 Å². The smallest absolute Gasteiger partial charge is 0.310 e. The first kappa shape index (κ1) is 13.3. The van der Waals surface area contributed by atoms with Crippen molar-refractivity contribution in [2.24, 2.45) is 0 Å². The molecule has 21 heavy (non-hydrogen) atoms. The number of carbonyl (C=O) groups is 2. The van der Waals surface area contributed by atoms with Crippen molar-refractivity contribution in [3.8, 4) is 5.75 Å². The Morgan fingerprint density at radius 1 is 1.00 bits per heavy atom. The summed E-state index contributed by atoms with van der Waals surface area (Å²) in [5, 5.41) is 1.28. The summed E-state index contributed by atoms with van der Waals surface area (Å²) in [5.74, 6) is -0.331. The summed E-state index contributed by atoms with van der Waals surface area (Å²) in [6, 6.07) is 15.5. The van der Waals surface area contributed by atoms with Gasteiger partial charge in [-0.1, -0.05) is 30.3 Å². The molecule has 2 aromatic carbocycles. The number of amides is 1. The van der Waals surface area contributed by atoms with Gasteiger partial charge in [-0.05, 0) is 29.8 Å². The minimum Gasteiger partial charge on any atom is -0.497 e. The van der Waals surface area contributed by atoms with Crippen molar-refractivity contribution in [1.29, 1.82) is 0 Å². The van der Waals surface area contributed by atoms with E-state index >= 15 is 0 Å². The number of anilines is 1. The van der Waals surface area contributed by atoms with Crippen molar-refractivity contribution in [2.75, 3.05) is 12.1 Å². The van der Waals surface area contributed by atoms with Crippen LogP contribution in [0.1, 0.15) is 11.6 Å². The summed E-state index contributed by atoms with van der Waals surface area (Å²) in [7, 11) is 1.57. The van der Waals surface area contributed by atoms with Gasteiger partial charge in [0.15, 0.2) is 0 Å². The molecule has 1 amide bonds. The SMILES string of the molecule is COc1ccc(N2NC(c3ccccc3)C(=O)C2=O)cc1. The summed E-state index contributed by atoms with van der Waals surface area (Å²) in [6.45, 7) is 0. The van der Waals surface area contributed by atoms with Gasteiger partial charge in [-0.15, -0.1) is 0 Å². The minimum atomic E-state index is -0.638. The Bertz CT molecular complexity index is 668. The zero-order valence-corrected chi connectivity index (χ0v) is 11.4. The fourth-order valence-electron chi connectivity index (χ4n) is 2.27. The van der Waals surface area contributed by atoms with Gasteiger partial charge in [0.25, 0.3) is 0 Å². The lowest BCUT2D eigenvalue weighted by molar-refractivity contribution is -0.134. The molecule has 5 heteroatoms. The van der Waals surface area contributed by atoms with Gasteiger partial charge >= 0.3 is 5.91 Å². The van der Waals surface area contributed by atoms with Crippen LogP contribution in [0.5, 0.6) is 5.75 Å². The van der Waals surface area contributed by atoms with Crippen molar-refractivity contribution in [3.63, 3.8) is 0 Å².